The van der Waals surface area contributed by atoms with Gasteiger partial charge in [-0.1, -0.05) is 103 Å². The van der Waals surface area contributed by atoms with Crippen molar-refractivity contribution in [3.8, 4) is 0 Å². The van der Waals surface area contributed by atoms with E-state index in [9.17, 15) is 10.1 Å². The van der Waals surface area contributed by atoms with Crippen LogP contribution >= 0.6 is 0 Å². The summed E-state index contributed by atoms with van der Waals surface area (Å²) >= 11 is 0. The van der Waals surface area contributed by atoms with Crippen molar-refractivity contribution in [2.75, 3.05) is 11.9 Å². The Balaban J connectivity index is 1.79. The number of unbranched alkanes of at least 4 members (excludes halogenated alkanes) is 15. The van der Waals surface area contributed by atoms with Gasteiger partial charge in [0.1, 0.15) is 0 Å². The number of nitrogens with one attached hydrogen (secondary N) is 1. The van der Waals surface area contributed by atoms with E-state index in [2.05, 4.69) is 12.2 Å². The SMILES string of the molecule is CCCCCCCCCCCCCCCCCCNc1ccc([N+](=O)[O-])cc1. The second kappa shape index (κ2) is 17.5. The molecule has 0 bridgehead atoms. The summed E-state index contributed by atoms with van der Waals surface area (Å²) in [7, 11) is 0. The number of hydrogen-bond donors (Lipinski definition) is 1. The first-order valence-electron chi connectivity index (χ1n) is 11.7. The highest BCUT2D eigenvalue weighted by Gasteiger charge is 2.03. The van der Waals surface area contributed by atoms with E-state index in [-0.39, 0.29) is 10.6 Å². The van der Waals surface area contributed by atoms with Crippen LogP contribution in [-0.2, 0) is 0 Å². The fourth-order valence-electron chi connectivity index (χ4n) is 3.61. The minimum atomic E-state index is -0.362. The van der Waals surface area contributed by atoms with E-state index in [1.807, 2.05) is 0 Å². The van der Waals surface area contributed by atoms with Crippen LogP contribution in [0.3, 0.4) is 0 Å². The fourth-order valence-corrected chi connectivity index (χ4v) is 3.61. The van der Waals surface area contributed by atoms with Crippen LogP contribution in [0.2, 0.25) is 0 Å². The van der Waals surface area contributed by atoms with Crippen LogP contribution in [-0.4, -0.2) is 11.5 Å². The molecule has 0 aliphatic rings. The number of anilines is 1. The van der Waals surface area contributed by atoms with Crippen molar-refractivity contribution in [3.05, 3.63) is 34.4 Å². The van der Waals surface area contributed by atoms with Crippen molar-refractivity contribution in [3.63, 3.8) is 0 Å². The Morgan fingerprint density at radius 3 is 1.46 bits per heavy atom. The lowest BCUT2D eigenvalue weighted by Crippen LogP contribution is -2.01. The molecule has 0 aliphatic heterocycles. The molecule has 0 radical (unpaired) electrons. The number of rotatable bonds is 19. The molecule has 160 valence electrons. The van der Waals surface area contributed by atoms with Gasteiger partial charge in [-0.2, -0.15) is 0 Å². The number of non-ortho nitro benzene ring substituents is 1. The summed E-state index contributed by atoms with van der Waals surface area (Å²) in [6.07, 6.45) is 22.1. The molecular formula is C24H42N2O2. The molecule has 0 saturated heterocycles. The Morgan fingerprint density at radius 1 is 0.679 bits per heavy atom. The van der Waals surface area contributed by atoms with Crippen molar-refractivity contribution >= 4 is 11.4 Å². The first-order chi connectivity index (χ1) is 13.7. The smallest absolute Gasteiger partial charge is 0.269 e. The van der Waals surface area contributed by atoms with E-state index in [4.69, 9.17) is 0 Å². The molecule has 1 rings (SSSR count). The zero-order valence-corrected chi connectivity index (χ0v) is 18.1. The van der Waals surface area contributed by atoms with Gasteiger partial charge >= 0.3 is 0 Å². The normalized spacial score (nSPS) is 10.9. The largest absolute Gasteiger partial charge is 0.385 e. The summed E-state index contributed by atoms with van der Waals surface area (Å²) in [6, 6.07) is 6.67. The van der Waals surface area contributed by atoms with Crippen molar-refractivity contribution < 1.29 is 4.92 Å². The van der Waals surface area contributed by atoms with Gasteiger partial charge in [0.15, 0.2) is 0 Å². The van der Waals surface area contributed by atoms with Gasteiger partial charge < -0.3 is 5.32 Å². The first kappa shape index (κ1) is 24.5. The number of hydrogen-bond acceptors (Lipinski definition) is 3. The third-order valence-corrected chi connectivity index (χ3v) is 5.44. The molecule has 0 aromatic heterocycles. The van der Waals surface area contributed by atoms with Gasteiger partial charge in [0.25, 0.3) is 5.69 Å². The molecule has 1 aromatic carbocycles. The monoisotopic (exact) mass is 390 g/mol. The Labute approximate surface area is 172 Å². The molecule has 0 fully saturated rings. The van der Waals surface area contributed by atoms with E-state index in [0.717, 1.165) is 18.7 Å². The summed E-state index contributed by atoms with van der Waals surface area (Å²) in [5.74, 6) is 0. The van der Waals surface area contributed by atoms with Crippen LogP contribution in [0.15, 0.2) is 24.3 Å². The third kappa shape index (κ3) is 13.6. The maximum Gasteiger partial charge on any atom is 0.269 e. The molecule has 0 aliphatic carbocycles. The quantitative estimate of drug-likeness (QED) is 0.147. The molecule has 1 N–H and O–H groups in total. The van der Waals surface area contributed by atoms with Gasteiger partial charge in [-0.3, -0.25) is 10.1 Å². The van der Waals surface area contributed by atoms with Crippen LogP contribution in [0.25, 0.3) is 0 Å². The summed E-state index contributed by atoms with van der Waals surface area (Å²) in [5, 5.41) is 14.0. The van der Waals surface area contributed by atoms with E-state index in [1.54, 1.807) is 24.3 Å². The molecule has 0 spiro atoms. The first-order valence-corrected chi connectivity index (χ1v) is 11.7. The molecule has 4 nitrogen and oxygen atoms in total. The summed E-state index contributed by atoms with van der Waals surface area (Å²) in [5.41, 5.74) is 1.11. The zero-order valence-electron chi connectivity index (χ0n) is 18.1. The van der Waals surface area contributed by atoms with Gasteiger partial charge in [0, 0.05) is 24.4 Å². The second-order valence-electron chi connectivity index (χ2n) is 8.03. The van der Waals surface area contributed by atoms with Crippen molar-refractivity contribution in [2.24, 2.45) is 0 Å². The fraction of sp³-hybridized carbons (Fsp3) is 0.750. The van der Waals surface area contributed by atoms with Crippen molar-refractivity contribution in [1.29, 1.82) is 0 Å². The van der Waals surface area contributed by atoms with E-state index in [1.165, 1.54) is 96.3 Å². The Bertz CT molecular complexity index is 488. The number of benzene rings is 1. The van der Waals surface area contributed by atoms with E-state index >= 15 is 0 Å². The molecule has 28 heavy (non-hydrogen) atoms. The third-order valence-electron chi connectivity index (χ3n) is 5.44. The summed E-state index contributed by atoms with van der Waals surface area (Å²) in [4.78, 5) is 10.3. The van der Waals surface area contributed by atoms with Gasteiger partial charge in [0.05, 0.1) is 4.92 Å². The van der Waals surface area contributed by atoms with Crippen LogP contribution in [0.4, 0.5) is 11.4 Å². The highest BCUT2D eigenvalue weighted by molar-refractivity contribution is 5.48. The summed E-state index contributed by atoms with van der Waals surface area (Å²) in [6.45, 7) is 3.22. The van der Waals surface area contributed by atoms with Gasteiger partial charge in [0.2, 0.25) is 0 Å². The van der Waals surface area contributed by atoms with E-state index in [0.29, 0.717) is 0 Å². The molecule has 0 saturated carbocycles. The Morgan fingerprint density at radius 2 is 1.07 bits per heavy atom. The lowest BCUT2D eigenvalue weighted by atomic mass is 10.0. The molecule has 0 unspecified atom stereocenters. The minimum Gasteiger partial charge on any atom is -0.385 e. The maximum atomic E-state index is 10.6. The summed E-state index contributed by atoms with van der Waals surface area (Å²) < 4.78 is 0. The van der Waals surface area contributed by atoms with Crippen molar-refractivity contribution in [1.82, 2.24) is 0 Å². The van der Waals surface area contributed by atoms with Crippen LogP contribution < -0.4 is 5.32 Å². The number of nitro benzene ring substituents is 1. The molecule has 0 atom stereocenters. The average molecular weight is 391 g/mol. The molecular weight excluding hydrogens is 348 g/mol. The highest BCUT2D eigenvalue weighted by Crippen LogP contribution is 2.16. The van der Waals surface area contributed by atoms with Gasteiger partial charge in [-0.15, -0.1) is 0 Å². The van der Waals surface area contributed by atoms with Crippen molar-refractivity contribution in [2.45, 2.75) is 110 Å². The van der Waals surface area contributed by atoms with Crippen LogP contribution in [0, 0.1) is 10.1 Å². The van der Waals surface area contributed by atoms with E-state index < -0.39 is 0 Å². The molecule has 4 heteroatoms. The highest BCUT2D eigenvalue weighted by atomic mass is 16.6. The predicted octanol–water partition coefficient (Wildman–Crippen LogP) is 8.27. The number of nitrogens with zero attached hydrogens (tertiary/aromatic N) is 1. The topological polar surface area (TPSA) is 55.2 Å². The average Bonchev–Trinajstić information content (AvgIpc) is 2.70. The van der Waals surface area contributed by atoms with Gasteiger partial charge in [-0.05, 0) is 18.6 Å². The second-order valence-corrected chi connectivity index (χ2v) is 8.03. The standard InChI is InChI=1S/C24H42N2O2/c1-2-3-4-5-6-7-8-9-10-11-12-13-14-15-16-17-22-25-23-18-20-24(21-19-23)26(27)28/h18-21,25H,2-17,22H2,1H3. The predicted molar refractivity (Wildman–Crippen MR) is 121 cm³/mol. The lowest BCUT2D eigenvalue weighted by Gasteiger charge is -2.06. The van der Waals surface area contributed by atoms with Crippen LogP contribution in [0.1, 0.15) is 110 Å². The molecule has 0 amide bonds. The Hall–Kier alpha value is -1.58. The lowest BCUT2D eigenvalue weighted by molar-refractivity contribution is -0.384. The number of nitro groups is 1. The maximum absolute atomic E-state index is 10.6. The minimum absolute atomic E-state index is 0.146. The Kier molecular flexibility index (Phi) is 15.3. The molecule has 0 heterocycles. The van der Waals surface area contributed by atoms with Gasteiger partial charge in [-0.25, -0.2) is 0 Å². The van der Waals surface area contributed by atoms with Crippen LogP contribution in [0.5, 0.6) is 0 Å². The molecule has 1 aromatic rings. The zero-order chi connectivity index (χ0) is 20.3.